The zero-order valence-corrected chi connectivity index (χ0v) is 23.4. The molecule has 3 amide bonds. The zero-order chi connectivity index (χ0) is 27.7. The number of nitrogens with one attached hydrogen (secondary N) is 3. The molecule has 3 rings (SSSR count). The Balaban J connectivity index is 1.53. The van der Waals surface area contributed by atoms with Crippen LogP contribution in [0.4, 0.5) is 5.69 Å². The average Bonchev–Trinajstić information content (AvgIpc) is 2.86. The number of benzene rings is 3. The summed E-state index contributed by atoms with van der Waals surface area (Å²) in [5.41, 5.74) is 7.59. The molecule has 0 heterocycles. The lowest BCUT2D eigenvalue weighted by Crippen LogP contribution is -2.37. The fraction of sp³-hybridized carbons (Fsp3) is 0.241. The largest absolute Gasteiger partial charge is 0.483 e. The SMILES string of the molecule is Cc1cc(C)cc(NC(=O)COc2ccc(Br)cc2/C=N\NC(=O)C(=O)NCc2ccc(C(C)C)cc2)c1. The summed E-state index contributed by atoms with van der Waals surface area (Å²) in [6, 6.07) is 18.8. The van der Waals surface area contributed by atoms with Crippen LogP contribution in [0, 0.1) is 13.8 Å². The molecule has 3 aromatic rings. The Kier molecular flexibility index (Phi) is 10.2. The van der Waals surface area contributed by atoms with E-state index in [-0.39, 0.29) is 19.1 Å². The maximum Gasteiger partial charge on any atom is 0.329 e. The summed E-state index contributed by atoms with van der Waals surface area (Å²) in [5.74, 6) is -1.21. The first kappa shape index (κ1) is 28.6. The second-order valence-corrected chi connectivity index (χ2v) is 10.1. The third kappa shape index (κ3) is 8.85. The van der Waals surface area contributed by atoms with Crippen molar-refractivity contribution in [1.82, 2.24) is 10.7 Å². The molecule has 9 heteroatoms. The molecule has 8 nitrogen and oxygen atoms in total. The number of hydrazone groups is 1. The summed E-state index contributed by atoms with van der Waals surface area (Å²) in [4.78, 5) is 36.7. The average molecular weight is 579 g/mol. The molecule has 0 bridgehead atoms. The second kappa shape index (κ2) is 13.5. The quantitative estimate of drug-likeness (QED) is 0.189. The van der Waals surface area contributed by atoms with Crippen molar-refractivity contribution in [3.8, 4) is 5.75 Å². The van der Waals surface area contributed by atoms with E-state index in [0.29, 0.717) is 22.9 Å². The fourth-order valence-corrected chi connectivity index (χ4v) is 4.01. The van der Waals surface area contributed by atoms with Gasteiger partial charge in [-0.2, -0.15) is 5.10 Å². The summed E-state index contributed by atoms with van der Waals surface area (Å²) >= 11 is 3.39. The minimum Gasteiger partial charge on any atom is -0.483 e. The lowest BCUT2D eigenvalue weighted by molar-refractivity contribution is -0.139. The van der Waals surface area contributed by atoms with Crippen LogP contribution in [0.3, 0.4) is 0 Å². The molecule has 0 fully saturated rings. The molecule has 38 heavy (non-hydrogen) atoms. The van der Waals surface area contributed by atoms with E-state index in [1.165, 1.54) is 11.8 Å². The number of amides is 3. The first-order valence-corrected chi connectivity index (χ1v) is 12.9. The minimum atomic E-state index is -0.898. The Bertz CT molecular complexity index is 1320. The van der Waals surface area contributed by atoms with Crippen molar-refractivity contribution >= 4 is 45.6 Å². The highest BCUT2D eigenvalue weighted by molar-refractivity contribution is 9.10. The van der Waals surface area contributed by atoms with Crippen LogP contribution in [0.15, 0.2) is 70.2 Å². The number of aryl methyl sites for hydroxylation is 2. The fourth-order valence-electron chi connectivity index (χ4n) is 3.63. The number of hydrogen-bond acceptors (Lipinski definition) is 5. The highest BCUT2D eigenvalue weighted by Crippen LogP contribution is 2.22. The normalized spacial score (nSPS) is 10.9. The van der Waals surface area contributed by atoms with Gasteiger partial charge in [0.2, 0.25) is 0 Å². The van der Waals surface area contributed by atoms with Crippen molar-refractivity contribution < 1.29 is 19.1 Å². The summed E-state index contributed by atoms with van der Waals surface area (Å²) in [6.45, 7) is 8.13. The molecule has 0 aliphatic carbocycles. The number of carbonyl (C=O) groups is 3. The Morgan fingerprint density at radius 3 is 2.29 bits per heavy atom. The molecule has 0 radical (unpaired) electrons. The molecule has 3 aromatic carbocycles. The number of anilines is 1. The van der Waals surface area contributed by atoms with E-state index in [1.54, 1.807) is 18.2 Å². The standard InChI is InChI=1S/C29H31BrN4O4/c1-18(2)22-7-5-21(6-8-22)15-31-28(36)29(37)34-32-16-23-14-24(30)9-10-26(23)38-17-27(35)33-25-12-19(3)11-20(4)13-25/h5-14,16,18H,15,17H2,1-4H3,(H,31,36)(H,33,35)(H,34,37)/b32-16-. The van der Waals surface area contributed by atoms with Crippen LogP contribution in [-0.2, 0) is 20.9 Å². The van der Waals surface area contributed by atoms with Crippen molar-refractivity contribution in [2.45, 2.75) is 40.2 Å². The Labute approximate surface area is 231 Å². The number of nitrogens with zero attached hydrogens (tertiary/aromatic N) is 1. The van der Waals surface area contributed by atoms with E-state index < -0.39 is 11.8 Å². The Hall–Kier alpha value is -3.98. The second-order valence-electron chi connectivity index (χ2n) is 9.17. The summed E-state index contributed by atoms with van der Waals surface area (Å²) in [6.07, 6.45) is 1.34. The zero-order valence-electron chi connectivity index (χ0n) is 21.8. The van der Waals surface area contributed by atoms with Gasteiger partial charge in [-0.3, -0.25) is 14.4 Å². The van der Waals surface area contributed by atoms with Crippen LogP contribution in [0.1, 0.15) is 47.6 Å². The molecule has 3 N–H and O–H groups in total. The van der Waals surface area contributed by atoms with Gasteiger partial charge in [0.05, 0.1) is 6.21 Å². The molecular formula is C29H31BrN4O4. The van der Waals surface area contributed by atoms with Gasteiger partial charge in [-0.1, -0.05) is 60.1 Å². The number of ether oxygens (including phenoxy) is 1. The van der Waals surface area contributed by atoms with Gasteiger partial charge >= 0.3 is 11.8 Å². The first-order chi connectivity index (χ1) is 18.1. The van der Waals surface area contributed by atoms with Gasteiger partial charge in [-0.25, -0.2) is 5.43 Å². The third-order valence-electron chi connectivity index (χ3n) is 5.51. The van der Waals surface area contributed by atoms with E-state index in [9.17, 15) is 14.4 Å². The predicted octanol–water partition coefficient (Wildman–Crippen LogP) is 4.97. The lowest BCUT2D eigenvalue weighted by Gasteiger charge is -2.11. The number of carbonyl (C=O) groups excluding carboxylic acids is 3. The highest BCUT2D eigenvalue weighted by atomic mass is 79.9. The van der Waals surface area contributed by atoms with Crippen LogP contribution in [0.2, 0.25) is 0 Å². The van der Waals surface area contributed by atoms with Crippen LogP contribution in [-0.4, -0.2) is 30.5 Å². The van der Waals surface area contributed by atoms with Gasteiger partial charge in [-0.15, -0.1) is 0 Å². The predicted molar refractivity (Wildman–Crippen MR) is 152 cm³/mol. The number of hydrogen-bond donors (Lipinski definition) is 3. The molecule has 0 spiro atoms. The minimum absolute atomic E-state index is 0.220. The number of halogens is 1. The maximum atomic E-state index is 12.4. The molecule has 0 unspecified atom stereocenters. The topological polar surface area (TPSA) is 109 Å². The van der Waals surface area contributed by atoms with E-state index in [2.05, 4.69) is 50.9 Å². The summed E-state index contributed by atoms with van der Waals surface area (Å²) in [7, 11) is 0. The Morgan fingerprint density at radius 2 is 1.63 bits per heavy atom. The van der Waals surface area contributed by atoms with E-state index in [1.807, 2.05) is 56.3 Å². The monoisotopic (exact) mass is 578 g/mol. The van der Waals surface area contributed by atoms with E-state index in [0.717, 1.165) is 21.2 Å². The molecular weight excluding hydrogens is 548 g/mol. The van der Waals surface area contributed by atoms with E-state index >= 15 is 0 Å². The van der Waals surface area contributed by atoms with Gasteiger partial charge in [-0.05, 0) is 72.4 Å². The van der Waals surface area contributed by atoms with Crippen molar-refractivity contribution in [2.75, 3.05) is 11.9 Å². The first-order valence-electron chi connectivity index (χ1n) is 12.1. The van der Waals surface area contributed by atoms with Gasteiger partial charge in [0, 0.05) is 22.3 Å². The molecule has 198 valence electrons. The molecule has 0 atom stereocenters. The van der Waals surface area contributed by atoms with Crippen molar-refractivity contribution in [2.24, 2.45) is 5.10 Å². The van der Waals surface area contributed by atoms with Crippen LogP contribution in [0.25, 0.3) is 0 Å². The van der Waals surface area contributed by atoms with Crippen LogP contribution >= 0.6 is 15.9 Å². The summed E-state index contributed by atoms with van der Waals surface area (Å²) in [5, 5.41) is 9.27. The van der Waals surface area contributed by atoms with Gasteiger partial charge in [0.1, 0.15) is 5.75 Å². The van der Waals surface area contributed by atoms with Gasteiger partial charge in [0.25, 0.3) is 5.91 Å². The number of rotatable bonds is 9. The van der Waals surface area contributed by atoms with Gasteiger partial charge < -0.3 is 15.4 Å². The lowest BCUT2D eigenvalue weighted by atomic mass is 10.0. The molecule has 0 saturated heterocycles. The molecule has 0 aliphatic heterocycles. The Morgan fingerprint density at radius 1 is 0.947 bits per heavy atom. The third-order valence-corrected chi connectivity index (χ3v) is 6.00. The summed E-state index contributed by atoms with van der Waals surface area (Å²) < 4.78 is 6.43. The van der Waals surface area contributed by atoms with Gasteiger partial charge in [0.15, 0.2) is 6.61 Å². The van der Waals surface area contributed by atoms with Crippen molar-refractivity contribution in [3.63, 3.8) is 0 Å². The van der Waals surface area contributed by atoms with Crippen molar-refractivity contribution in [1.29, 1.82) is 0 Å². The molecule has 0 aromatic heterocycles. The van der Waals surface area contributed by atoms with Crippen LogP contribution < -0.4 is 20.8 Å². The van der Waals surface area contributed by atoms with E-state index in [4.69, 9.17) is 4.74 Å². The van der Waals surface area contributed by atoms with Crippen molar-refractivity contribution in [3.05, 3.63) is 93.0 Å². The van der Waals surface area contributed by atoms with Crippen LogP contribution in [0.5, 0.6) is 5.75 Å². The highest BCUT2D eigenvalue weighted by Gasteiger charge is 2.13. The smallest absolute Gasteiger partial charge is 0.329 e. The molecule has 0 aliphatic rings. The molecule has 0 saturated carbocycles. The maximum absolute atomic E-state index is 12.4.